The second-order valence-corrected chi connectivity index (χ2v) is 6.50. The van der Waals surface area contributed by atoms with E-state index < -0.39 is 5.54 Å². The van der Waals surface area contributed by atoms with Crippen LogP contribution < -0.4 is 4.74 Å². The normalized spacial score (nSPS) is 20.2. The molecule has 24 heavy (non-hydrogen) atoms. The average molecular weight is 325 g/mol. The Balaban J connectivity index is 1.77. The molecule has 1 aromatic carbocycles. The standard InChI is InChI=1S/C19H23N3O2/c1-14-12-15(2)21-18(20-14)19(3)10-7-11-22(19)17(23)13-24-16-8-5-4-6-9-16/h4-6,8-9,12H,7,10-11,13H2,1-3H3. The van der Waals surface area contributed by atoms with Gasteiger partial charge in [0.05, 0.1) is 5.54 Å². The lowest BCUT2D eigenvalue weighted by Gasteiger charge is -2.34. The zero-order valence-corrected chi connectivity index (χ0v) is 14.5. The van der Waals surface area contributed by atoms with Gasteiger partial charge in [-0.3, -0.25) is 4.79 Å². The van der Waals surface area contributed by atoms with Crippen LogP contribution >= 0.6 is 0 Å². The first-order valence-corrected chi connectivity index (χ1v) is 8.30. The Morgan fingerprint density at radius 2 is 1.88 bits per heavy atom. The zero-order valence-electron chi connectivity index (χ0n) is 14.5. The highest BCUT2D eigenvalue weighted by molar-refractivity contribution is 5.79. The van der Waals surface area contributed by atoms with Gasteiger partial charge in [0, 0.05) is 17.9 Å². The summed E-state index contributed by atoms with van der Waals surface area (Å²) in [6.45, 7) is 6.71. The van der Waals surface area contributed by atoms with Crippen LogP contribution in [0.25, 0.3) is 0 Å². The summed E-state index contributed by atoms with van der Waals surface area (Å²) in [5.74, 6) is 1.40. The maximum absolute atomic E-state index is 12.7. The second-order valence-electron chi connectivity index (χ2n) is 6.50. The van der Waals surface area contributed by atoms with Gasteiger partial charge in [0.15, 0.2) is 12.4 Å². The summed E-state index contributed by atoms with van der Waals surface area (Å²) < 4.78 is 5.62. The number of aromatic nitrogens is 2. The summed E-state index contributed by atoms with van der Waals surface area (Å²) in [4.78, 5) is 23.8. The van der Waals surface area contributed by atoms with Crippen LogP contribution in [0.3, 0.4) is 0 Å². The van der Waals surface area contributed by atoms with Crippen molar-refractivity contribution in [3.63, 3.8) is 0 Å². The van der Waals surface area contributed by atoms with Crippen LogP contribution in [-0.2, 0) is 10.3 Å². The molecule has 5 heteroatoms. The molecule has 0 spiro atoms. The molecule has 1 atom stereocenters. The van der Waals surface area contributed by atoms with Crippen LogP contribution in [0.5, 0.6) is 5.75 Å². The highest BCUT2D eigenvalue weighted by Crippen LogP contribution is 2.37. The van der Waals surface area contributed by atoms with E-state index in [0.717, 1.165) is 30.1 Å². The van der Waals surface area contributed by atoms with E-state index >= 15 is 0 Å². The monoisotopic (exact) mass is 325 g/mol. The van der Waals surface area contributed by atoms with Crippen molar-refractivity contribution in [1.29, 1.82) is 0 Å². The Morgan fingerprint density at radius 3 is 2.54 bits per heavy atom. The Morgan fingerprint density at radius 1 is 1.21 bits per heavy atom. The number of hydrogen-bond acceptors (Lipinski definition) is 4. The van der Waals surface area contributed by atoms with Gasteiger partial charge >= 0.3 is 0 Å². The van der Waals surface area contributed by atoms with E-state index in [-0.39, 0.29) is 12.5 Å². The third-order valence-corrected chi connectivity index (χ3v) is 4.51. The van der Waals surface area contributed by atoms with Crippen molar-refractivity contribution < 1.29 is 9.53 Å². The lowest BCUT2D eigenvalue weighted by molar-refractivity contribution is -0.137. The van der Waals surface area contributed by atoms with Crippen LogP contribution in [0.2, 0.25) is 0 Å². The summed E-state index contributed by atoms with van der Waals surface area (Å²) in [5, 5.41) is 0. The number of carbonyl (C=O) groups is 1. The summed E-state index contributed by atoms with van der Waals surface area (Å²) in [6, 6.07) is 11.4. The lowest BCUT2D eigenvalue weighted by Crippen LogP contribution is -2.46. The van der Waals surface area contributed by atoms with Gasteiger partial charge in [0.25, 0.3) is 5.91 Å². The van der Waals surface area contributed by atoms with Gasteiger partial charge in [-0.25, -0.2) is 9.97 Å². The largest absolute Gasteiger partial charge is 0.484 e. The lowest BCUT2D eigenvalue weighted by atomic mass is 9.97. The fourth-order valence-electron chi connectivity index (χ4n) is 3.30. The Kier molecular flexibility index (Phi) is 4.51. The van der Waals surface area contributed by atoms with Crippen molar-refractivity contribution in [3.8, 4) is 5.75 Å². The molecule has 1 saturated heterocycles. The minimum Gasteiger partial charge on any atom is -0.484 e. The molecule has 5 nitrogen and oxygen atoms in total. The summed E-state index contributed by atoms with van der Waals surface area (Å²) in [7, 11) is 0. The number of aryl methyl sites for hydroxylation is 2. The van der Waals surface area contributed by atoms with E-state index in [0.29, 0.717) is 12.3 Å². The van der Waals surface area contributed by atoms with E-state index in [1.54, 1.807) is 0 Å². The smallest absolute Gasteiger partial charge is 0.261 e. The van der Waals surface area contributed by atoms with Gasteiger partial charge in [-0.05, 0) is 51.8 Å². The number of para-hydroxylation sites is 1. The average Bonchev–Trinajstić information content (AvgIpc) is 2.96. The van der Waals surface area contributed by atoms with Crippen molar-refractivity contribution in [2.24, 2.45) is 0 Å². The molecular formula is C19H23N3O2. The van der Waals surface area contributed by atoms with Gasteiger partial charge in [-0.1, -0.05) is 18.2 Å². The summed E-state index contributed by atoms with van der Waals surface area (Å²) >= 11 is 0. The molecule has 0 radical (unpaired) electrons. The van der Waals surface area contributed by atoms with E-state index in [4.69, 9.17) is 4.74 Å². The molecule has 2 heterocycles. The summed E-state index contributed by atoms with van der Waals surface area (Å²) in [5.41, 5.74) is 1.39. The van der Waals surface area contributed by atoms with Crippen LogP contribution in [-0.4, -0.2) is 33.9 Å². The second kappa shape index (κ2) is 6.59. The molecule has 0 bridgehead atoms. The number of nitrogens with zero attached hydrogens (tertiary/aromatic N) is 3. The van der Waals surface area contributed by atoms with Gasteiger partial charge in [0.1, 0.15) is 5.75 Å². The Hall–Kier alpha value is -2.43. The van der Waals surface area contributed by atoms with Crippen LogP contribution in [0.15, 0.2) is 36.4 Å². The van der Waals surface area contributed by atoms with Gasteiger partial charge in [-0.2, -0.15) is 0 Å². The van der Waals surface area contributed by atoms with Gasteiger partial charge in [-0.15, -0.1) is 0 Å². The number of rotatable bonds is 4. The van der Waals surface area contributed by atoms with Crippen molar-refractivity contribution in [2.75, 3.05) is 13.2 Å². The van der Waals surface area contributed by atoms with Gasteiger partial charge in [0.2, 0.25) is 0 Å². The number of likely N-dealkylation sites (tertiary alicyclic amines) is 1. The summed E-state index contributed by atoms with van der Waals surface area (Å²) in [6.07, 6.45) is 1.82. The van der Waals surface area contributed by atoms with Crippen molar-refractivity contribution in [3.05, 3.63) is 53.6 Å². The minimum atomic E-state index is -0.464. The van der Waals surface area contributed by atoms with Crippen molar-refractivity contribution in [2.45, 2.75) is 39.2 Å². The molecule has 1 amide bonds. The number of carbonyl (C=O) groups excluding carboxylic acids is 1. The zero-order chi connectivity index (χ0) is 17.2. The molecule has 1 aromatic heterocycles. The number of ether oxygens (including phenoxy) is 1. The molecule has 0 aliphatic carbocycles. The third-order valence-electron chi connectivity index (χ3n) is 4.51. The first-order valence-electron chi connectivity index (χ1n) is 8.30. The molecule has 1 aliphatic heterocycles. The quantitative estimate of drug-likeness (QED) is 0.867. The molecule has 0 saturated carbocycles. The maximum Gasteiger partial charge on any atom is 0.261 e. The first-order chi connectivity index (χ1) is 11.5. The third kappa shape index (κ3) is 3.25. The van der Waals surface area contributed by atoms with Crippen LogP contribution in [0, 0.1) is 13.8 Å². The molecule has 2 aromatic rings. The van der Waals surface area contributed by atoms with Crippen LogP contribution in [0.4, 0.5) is 0 Å². The SMILES string of the molecule is Cc1cc(C)nc(C2(C)CCCN2C(=O)COc2ccccc2)n1. The highest BCUT2D eigenvalue weighted by atomic mass is 16.5. The predicted molar refractivity (Wildman–Crippen MR) is 91.7 cm³/mol. The Labute approximate surface area is 142 Å². The van der Waals surface area contributed by atoms with E-state index in [9.17, 15) is 4.79 Å². The highest BCUT2D eigenvalue weighted by Gasteiger charge is 2.43. The first kappa shape index (κ1) is 16.4. The van der Waals surface area contributed by atoms with E-state index in [1.807, 2.05) is 55.1 Å². The van der Waals surface area contributed by atoms with Gasteiger partial charge < -0.3 is 9.64 Å². The van der Waals surface area contributed by atoms with E-state index in [1.165, 1.54) is 0 Å². The fourth-order valence-corrected chi connectivity index (χ4v) is 3.30. The number of amides is 1. The molecule has 0 N–H and O–H groups in total. The fraction of sp³-hybridized carbons (Fsp3) is 0.421. The minimum absolute atomic E-state index is 0.0263. The molecule has 1 fully saturated rings. The topological polar surface area (TPSA) is 55.3 Å². The van der Waals surface area contributed by atoms with Crippen molar-refractivity contribution >= 4 is 5.91 Å². The number of hydrogen-bond donors (Lipinski definition) is 0. The molecular weight excluding hydrogens is 302 g/mol. The molecule has 3 rings (SSSR count). The molecule has 1 unspecified atom stereocenters. The maximum atomic E-state index is 12.7. The van der Waals surface area contributed by atoms with E-state index in [2.05, 4.69) is 16.9 Å². The predicted octanol–water partition coefficient (Wildman–Crippen LogP) is 3.01. The number of benzene rings is 1. The van der Waals surface area contributed by atoms with Crippen LogP contribution in [0.1, 0.15) is 37.0 Å². The molecule has 126 valence electrons. The Bertz CT molecular complexity index is 712. The molecule has 1 aliphatic rings. The van der Waals surface area contributed by atoms with Crippen molar-refractivity contribution in [1.82, 2.24) is 14.9 Å².